The molecule has 12 heavy (non-hydrogen) atoms. The molecule has 1 fully saturated rings. The zero-order chi connectivity index (χ0) is 8.39. The molecule has 4 nitrogen and oxygen atoms in total. The Morgan fingerprint density at radius 1 is 1.50 bits per heavy atom. The Balaban J connectivity index is 2.11. The second-order valence-corrected chi connectivity index (χ2v) is 2.99. The van der Waals surface area contributed by atoms with Gasteiger partial charge in [-0.3, -0.25) is 0 Å². The van der Waals surface area contributed by atoms with Crippen LogP contribution in [0.4, 0.5) is 5.69 Å². The quantitative estimate of drug-likeness (QED) is 0.638. The largest absolute Gasteiger partial charge is 0.391 e. The molecule has 0 bridgehead atoms. The van der Waals surface area contributed by atoms with Crippen molar-refractivity contribution in [3.63, 3.8) is 0 Å². The van der Waals surface area contributed by atoms with Gasteiger partial charge in [0.05, 0.1) is 24.2 Å². The van der Waals surface area contributed by atoms with Crippen LogP contribution < -0.4 is 4.90 Å². The number of rotatable bonds is 1. The van der Waals surface area contributed by atoms with Crippen LogP contribution in [0.15, 0.2) is 18.5 Å². The molecule has 0 saturated carbocycles. The van der Waals surface area contributed by atoms with Crippen molar-refractivity contribution in [1.82, 2.24) is 10.2 Å². The normalized spacial score (nSPS) is 23.1. The zero-order valence-corrected chi connectivity index (χ0v) is 6.72. The molecule has 0 unspecified atom stereocenters. The number of hydrogen-bond acceptors (Lipinski definition) is 4. The lowest BCUT2D eigenvalue weighted by molar-refractivity contribution is 0.198. The van der Waals surface area contributed by atoms with Crippen molar-refractivity contribution in [2.24, 2.45) is 0 Å². The highest BCUT2D eigenvalue weighted by Crippen LogP contribution is 2.17. The predicted molar refractivity (Wildman–Crippen MR) is 44.9 cm³/mol. The fraction of sp³-hybridized carbons (Fsp3) is 0.500. The van der Waals surface area contributed by atoms with E-state index < -0.39 is 0 Å². The summed E-state index contributed by atoms with van der Waals surface area (Å²) < 4.78 is 0. The van der Waals surface area contributed by atoms with E-state index in [1.54, 1.807) is 12.4 Å². The smallest absolute Gasteiger partial charge is 0.0731 e. The average molecular weight is 165 g/mol. The van der Waals surface area contributed by atoms with Crippen molar-refractivity contribution in [3.05, 3.63) is 18.5 Å². The molecule has 1 aliphatic rings. The second kappa shape index (κ2) is 3.06. The van der Waals surface area contributed by atoms with Crippen LogP contribution in [0.5, 0.6) is 0 Å². The van der Waals surface area contributed by atoms with Gasteiger partial charge in [0.1, 0.15) is 0 Å². The van der Waals surface area contributed by atoms with Crippen LogP contribution in [-0.2, 0) is 0 Å². The maximum atomic E-state index is 9.28. The van der Waals surface area contributed by atoms with Crippen LogP contribution in [-0.4, -0.2) is 34.5 Å². The summed E-state index contributed by atoms with van der Waals surface area (Å²) in [5, 5.41) is 16.8. The minimum atomic E-state index is -0.182. The lowest BCUT2D eigenvalue weighted by Crippen LogP contribution is -2.21. The highest BCUT2D eigenvalue weighted by Gasteiger charge is 2.20. The molecule has 1 aromatic heterocycles. The number of anilines is 1. The maximum Gasteiger partial charge on any atom is 0.0731 e. The maximum absolute atomic E-state index is 9.28. The van der Waals surface area contributed by atoms with Gasteiger partial charge in [0, 0.05) is 13.1 Å². The van der Waals surface area contributed by atoms with E-state index in [9.17, 15) is 5.11 Å². The molecule has 1 aromatic rings. The Labute approximate surface area is 70.8 Å². The summed E-state index contributed by atoms with van der Waals surface area (Å²) in [6, 6.07) is 1.91. The Bertz CT molecular complexity index is 252. The van der Waals surface area contributed by atoms with Gasteiger partial charge >= 0.3 is 0 Å². The molecule has 0 spiro atoms. The number of aliphatic hydroxyl groups is 1. The Morgan fingerprint density at radius 3 is 3.00 bits per heavy atom. The highest BCUT2D eigenvalue weighted by molar-refractivity contribution is 5.43. The summed E-state index contributed by atoms with van der Waals surface area (Å²) in [5.41, 5.74) is 1.04. The third-order valence-corrected chi connectivity index (χ3v) is 2.10. The van der Waals surface area contributed by atoms with E-state index in [2.05, 4.69) is 15.1 Å². The predicted octanol–water partition coefficient (Wildman–Crippen LogP) is 0.0476. The molecule has 1 saturated heterocycles. The van der Waals surface area contributed by atoms with Gasteiger partial charge in [-0.25, -0.2) is 0 Å². The van der Waals surface area contributed by atoms with Crippen molar-refractivity contribution < 1.29 is 5.11 Å². The lowest BCUT2D eigenvalue weighted by Gasteiger charge is -2.15. The fourth-order valence-corrected chi connectivity index (χ4v) is 1.45. The number of nitrogens with zero attached hydrogens (tertiary/aromatic N) is 3. The molecule has 0 aromatic carbocycles. The second-order valence-electron chi connectivity index (χ2n) is 2.99. The molecular formula is C8H11N3O. The van der Waals surface area contributed by atoms with E-state index in [0.717, 1.165) is 18.7 Å². The first-order valence-electron chi connectivity index (χ1n) is 4.06. The molecule has 2 rings (SSSR count). The number of hydrogen-bond donors (Lipinski definition) is 1. The first-order chi connectivity index (χ1) is 5.86. The van der Waals surface area contributed by atoms with Gasteiger partial charge < -0.3 is 10.0 Å². The van der Waals surface area contributed by atoms with E-state index in [4.69, 9.17) is 0 Å². The van der Waals surface area contributed by atoms with Crippen molar-refractivity contribution in [1.29, 1.82) is 0 Å². The third kappa shape index (κ3) is 1.38. The first-order valence-corrected chi connectivity index (χ1v) is 4.06. The van der Waals surface area contributed by atoms with Gasteiger partial charge in [-0.05, 0) is 12.5 Å². The van der Waals surface area contributed by atoms with Gasteiger partial charge in [0.2, 0.25) is 0 Å². The summed E-state index contributed by atoms with van der Waals surface area (Å²) in [7, 11) is 0. The molecule has 1 N–H and O–H groups in total. The Kier molecular flexibility index (Phi) is 1.91. The van der Waals surface area contributed by atoms with Gasteiger partial charge in [0.15, 0.2) is 0 Å². The van der Waals surface area contributed by atoms with Gasteiger partial charge in [-0.2, -0.15) is 10.2 Å². The van der Waals surface area contributed by atoms with E-state index in [-0.39, 0.29) is 6.10 Å². The molecule has 1 atom stereocenters. The summed E-state index contributed by atoms with van der Waals surface area (Å²) in [4.78, 5) is 2.11. The van der Waals surface area contributed by atoms with Gasteiger partial charge in [-0.15, -0.1) is 0 Å². The molecule has 0 amide bonds. The van der Waals surface area contributed by atoms with Crippen molar-refractivity contribution in [2.45, 2.75) is 12.5 Å². The van der Waals surface area contributed by atoms with Crippen LogP contribution >= 0.6 is 0 Å². The summed E-state index contributed by atoms with van der Waals surface area (Å²) in [5.74, 6) is 0. The highest BCUT2D eigenvalue weighted by atomic mass is 16.3. The number of aliphatic hydroxyl groups excluding tert-OH is 1. The standard InChI is InChI=1S/C8H11N3O/c12-8-2-4-11(6-8)7-1-3-9-10-5-7/h1,3,5,8,12H,2,4,6H2/t8-/m0/s1. The molecule has 1 aliphatic heterocycles. The zero-order valence-electron chi connectivity index (χ0n) is 6.72. The van der Waals surface area contributed by atoms with E-state index in [1.807, 2.05) is 6.07 Å². The minimum absolute atomic E-state index is 0.182. The minimum Gasteiger partial charge on any atom is -0.391 e. The van der Waals surface area contributed by atoms with Crippen LogP contribution in [0, 0.1) is 0 Å². The van der Waals surface area contributed by atoms with E-state index in [1.165, 1.54) is 0 Å². The molecular weight excluding hydrogens is 154 g/mol. The van der Waals surface area contributed by atoms with E-state index in [0.29, 0.717) is 6.54 Å². The topological polar surface area (TPSA) is 49.2 Å². The van der Waals surface area contributed by atoms with Crippen molar-refractivity contribution >= 4 is 5.69 Å². The Hall–Kier alpha value is -1.16. The monoisotopic (exact) mass is 165 g/mol. The van der Waals surface area contributed by atoms with Crippen LogP contribution in [0.1, 0.15) is 6.42 Å². The Morgan fingerprint density at radius 2 is 2.42 bits per heavy atom. The summed E-state index contributed by atoms with van der Waals surface area (Å²) in [6.45, 7) is 1.62. The first kappa shape index (κ1) is 7.49. The van der Waals surface area contributed by atoms with Gasteiger partial charge in [-0.1, -0.05) is 0 Å². The van der Waals surface area contributed by atoms with E-state index >= 15 is 0 Å². The van der Waals surface area contributed by atoms with Crippen molar-refractivity contribution in [3.8, 4) is 0 Å². The lowest BCUT2D eigenvalue weighted by atomic mass is 10.3. The molecule has 4 heteroatoms. The average Bonchev–Trinajstić information content (AvgIpc) is 2.54. The number of β-amino-alcohol motifs (C(OH)–C–C–N with tert-alkyl or cyclic N) is 1. The molecule has 0 aliphatic carbocycles. The fourth-order valence-electron chi connectivity index (χ4n) is 1.45. The molecule has 64 valence electrons. The van der Waals surface area contributed by atoms with Crippen molar-refractivity contribution in [2.75, 3.05) is 18.0 Å². The SMILES string of the molecule is O[C@H]1CCN(c2ccnnc2)C1. The third-order valence-electron chi connectivity index (χ3n) is 2.10. The van der Waals surface area contributed by atoms with Gasteiger partial charge in [0.25, 0.3) is 0 Å². The molecule has 2 heterocycles. The molecule has 0 radical (unpaired) electrons. The summed E-state index contributed by atoms with van der Waals surface area (Å²) >= 11 is 0. The summed E-state index contributed by atoms with van der Waals surface area (Å²) in [6.07, 6.45) is 4.05. The van der Waals surface area contributed by atoms with Crippen LogP contribution in [0.25, 0.3) is 0 Å². The number of aromatic nitrogens is 2. The van der Waals surface area contributed by atoms with Crippen LogP contribution in [0.3, 0.4) is 0 Å². The van der Waals surface area contributed by atoms with Crippen LogP contribution in [0.2, 0.25) is 0 Å².